The van der Waals surface area contributed by atoms with Crippen molar-refractivity contribution >= 4 is 39.1 Å². The van der Waals surface area contributed by atoms with Gasteiger partial charge in [0.15, 0.2) is 0 Å². The highest BCUT2D eigenvalue weighted by Crippen LogP contribution is 2.28. The van der Waals surface area contributed by atoms with Crippen LogP contribution >= 0.6 is 11.6 Å². The van der Waals surface area contributed by atoms with E-state index in [1.807, 2.05) is 52.0 Å². The molecule has 0 bridgehead atoms. The van der Waals surface area contributed by atoms with E-state index >= 15 is 0 Å². The fraction of sp³-hybridized carbons (Fsp3) is 0.310. The van der Waals surface area contributed by atoms with E-state index in [2.05, 4.69) is 5.32 Å². The molecule has 0 heterocycles. The molecule has 7 nitrogen and oxygen atoms in total. The number of sulfonamides is 1. The number of hydrogen-bond acceptors (Lipinski definition) is 4. The summed E-state index contributed by atoms with van der Waals surface area (Å²) < 4.78 is 28.6. The van der Waals surface area contributed by atoms with Gasteiger partial charge < -0.3 is 10.2 Å². The lowest BCUT2D eigenvalue weighted by Crippen LogP contribution is -2.52. The summed E-state index contributed by atoms with van der Waals surface area (Å²) in [5.41, 5.74) is 2.88. The Morgan fingerprint density at radius 1 is 0.921 bits per heavy atom. The Labute approximate surface area is 230 Å². The molecule has 0 radical (unpaired) electrons. The molecule has 0 spiro atoms. The van der Waals surface area contributed by atoms with Crippen molar-refractivity contribution in [3.05, 3.63) is 94.5 Å². The highest BCUT2D eigenvalue weighted by atomic mass is 35.5. The Bertz CT molecular complexity index is 1390. The fourth-order valence-electron chi connectivity index (χ4n) is 3.98. The van der Waals surface area contributed by atoms with Crippen molar-refractivity contribution in [3.63, 3.8) is 0 Å². The third kappa shape index (κ3) is 7.14. The van der Waals surface area contributed by atoms with Crippen LogP contribution in [0.1, 0.15) is 37.5 Å². The smallest absolute Gasteiger partial charge is 0.264 e. The molecule has 0 saturated carbocycles. The normalized spacial score (nSPS) is 12.2. The fourth-order valence-corrected chi connectivity index (χ4v) is 5.58. The molecule has 3 rings (SSSR count). The molecule has 0 saturated heterocycles. The van der Waals surface area contributed by atoms with Crippen LogP contribution in [0.4, 0.5) is 5.69 Å². The van der Waals surface area contributed by atoms with Gasteiger partial charge in [-0.15, -0.1) is 0 Å². The molecule has 1 N–H and O–H groups in total. The summed E-state index contributed by atoms with van der Waals surface area (Å²) in [4.78, 5) is 28.3. The number of benzene rings is 3. The average molecular weight is 556 g/mol. The molecule has 1 atom stereocenters. The summed E-state index contributed by atoms with van der Waals surface area (Å²) in [7, 11) is -4.13. The number of halogens is 1. The number of carbonyl (C=O) groups excluding carboxylic acids is 2. The molecule has 0 aliphatic rings. The minimum atomic E-state index is -4.13. The first kappa shape index (κ1) is 29.2. The molecule has 202 valence electrons. The molecule has 0 aromatic heterocycles. The Balaban J connectivity index is 2.05. The first-order chi connectivity index (χ1) is 17.9. The van der Waals surface area contributed by atoms with Crippen LogP contribution in [-0.2, 0) is 26.2 Å². The number of amides is 2. The van der Waals surface area contributed by atoms with Gasteiger partial charge in [0.25, 0.3) is 10.0 Å². The van der Waals surface area contributed by atoms with Crippen LogP contribution in [0.5, 0.6) is 0 Å². The summed E-state index contributed by atoms with van der Waals surface area (Å²) in [5, 5.41) is 3.23. The van der Waals surface area contributed by atoms with Gasteiger partial charge >= 0.3 is 0 Å². The van der Waals surface area contributed by atoms with E-state index in [-0.39, 0.29) is 29.1 Å². The van der Waals surface area contributed by atoms with E-state index in [9.17, 15) is 18.0 Å². The van der Waals surface area contributed by atoms with Gasteiger partial charge in [-0.2, -0.15) is 0 Å². The van der Waals surface area contributed by atoms with Crippen molar-refractivity contribution < 1.29 is 18.0 Å². The van der Waals surface area contributed by atoms with Crippen LogP contribution in [0, 0.1) is 13.8 Å². The van der Waals surface area contributed by atoms with Gasteiger partial charge in [0, 0.05) is 17.6 Å². The lowest BCUT2D eigenvalue weighted by molar-refractivity contribution is -0.139. The number of anilines is 1. The van der Waals surface area contributed by atoms with E-state index in [4.69, 9.17) is 11.6 Å². The van der Waals surface area contributed by atoms with E-state index in [1.165, 1.54) is 23.1 Å². The average Bonchev–Trinajstić information content (AvgIpc) is 2.87. The number of rotatable bonds is 10. The van der Waals surface area contributed by atoms with Crippen molar-refractivity contribution in [2.75, 3.05) is 10.8 Å². The molecule has 3 aromatic rings. The van der Waals surface area contributed by atoms with Crippen molar-refractivity contribution in [2.45, 2.75) is 58.1 Å². The molecule has 0 aliphatic heterocycles. The predicted octanol–water partition coefficient (Wildman–Crippen LogP) is 5.09. The monoisotopic (exact) mass is 555 g/mol. The molecule has 0 fully saturated rings. The Hall–Kier alpha value is -3.36. The summed E-state index contributed by atoms with van der Waals surface area (Å²) in [6, 6.07) is 19.5. The Kier molecular flexibility index (Phi) is 9.57. The van der Waals surface area contributed by atoms with E-state index < -0.39 is 28.5 Å². The minimum absolute atomic E-state index is 0.0420. The highest BCUT2D eigenvalue weighted by molar-refractivity contribution is 7.92. The summed E-state index contributed by atoms with van der Waals surface area (Å²) >= 11 is 6.35. The molecule has 38 heavy (non-hydrogen) atoms. The standard InChI is InChI=1S/C29H34ClN3O4S/c1-20(2)31-29(35)23(5)32(18-24-11-9-10-21(3)16-24)28(34)19-33(25-15-14-22(4)27(30)17-25)38(36,37)26-12-7-6-8-13-26/h6-17,20,23H,18-19H2,1-5H3,(H,31,35)/t23-/m0/s1. The van der Waals surface area contributed by atoms with Crippen LogP contribution in [0.2, 0.25) is 5.02 Å². The third-order valence-electron chi connectivity index (χ3n) is 6.09. The van der Waals surface area contributed by atoms with Gasteiger partial charge in [0.1, 0.15) is 12.6 Å². The van der Waals surface area contributed by atoms with E-state index in [0.717, 1.165) is 21.0 Å². The third-order valence-corrected chi connectivity index (χ3v) is 8.28. The maximum Gasteiger partial charge on any atom is 0.264 e. The number of aryl methyl sites for hydroxylation is 2. The largest absolute Gasteiger partial charge is 0.352 e. The zero-order chi connectivity index (χ0) is 28.0. The number of nitrogens with zero attached hydrogens (tertiary/aromatic N) is 2. The lowest BCUT2D eigenvalue weighted by atomic mass is 10.1. The summed E-state index contributed by atoms with van der Waals surface area (Å²) in [6.07, 6.45) is 0. The van der Waals surface area contributed by atoms with Crippen molar-refractivity contribution in [1.29, 1.82) is 0 Å². The van der Waals surface area contributed by atoms with Gasteiger partial charge in [0.2, 0.25) is 11.8 Å². The van der Waals surface area contributed by atoms with Crippen molar-refractivity contribution in [2.24, 2.45) is 0 Å². The Morgan fingerprint density at radius 3 is 2.21 bits per heavy atom. The molecular formula is C29H34ClN3O4S. The first-order valence-electron chi connectivity index (χ1n) is 12.4. The molecular weight excluding hydrogens is 522 g/mol. The van der Waals surface area contributed by atoms with Crippen LogP contribution in [0.3, 0.4) is 0 Å². The van der Waals surface area contributed by atoms with Crippen molar-refractivity contribution in [3.8, 4) is 0 Å². The van der Waals surface area contributed by atoms with Gasteiger partial charge in [-0.1, -0.05) is 65.7 Å². The second kappa shape index (κ2) is 12.5. The maximum absolute atomic E-state index is 13.9. The zero-order valence-corrected chi connectivity index (χ0v) is 23.9. The predicted molar refractivity (Wildman–Crippen MR) is 152 cm³/mol. The zero-order valence-electron chi connectivity index (χ0n) is 22.3. The minimum Gasteiger partial charge on any atom is -0.352 e. The Morgan fingerprint density at radius 2 is 1.61 bits per heavy atom. The lowest BCUT2D eigenvalue weighted by Gasteiger charge is -2.32. The van der Waals surface area contributed by atoms with Gasteiger partial charge in [0.05, 0.1) is 10.6 Å². The van der Waals surface area contributed by atoms with E-state index in [0.29, 0.717) is 5.02 Å². The number of carbonyl (C=O) groups is 2. The van der Waals surface area contributed by atoms with Crippen molar-refractivity contribution in [1.82, 2.24) is 10.2 Å². The van der Waals surface area contributed by atoms with Crippen LogP contribution in [-0.4, -0.2) is 43.8 Å². The van der Waals surface area contributed by atoms with Gasteiger partial charge in [-0.25, -0.2) is 8.42 Å². The second-order valence-electron chi connectivity index (χ2n) is 9.61. The summed E-state index contributed by atoms with van der Waals surface area (Å²) in [5.74, 6) is -0.842. The van der Waals surface area contributed by atoms with E-state index in [1.54, 1.807) is 37.3 Å². The number of nitrogens with one attached hydrogen (secondary N) is 1. The molecule has 0 aliphatic carbocycles. The van der Waals surface area contributed by atoms with Gasteiger partial charge in [-0.05, 0) is 70.0 Å². The van der Waals surface area contributed by atoms with Crippen LogP contribution in [0.25, 0.3) is 0 Å². The highest BCUT2D eigenvalue weighted by Gasteiger charge is 2.32. The maximum atomic E-state index is 13.9. The first-order valence-corrected chi connectivity index (χ1v) is 14.2. The SMILES string of the molecule is Cc1cccc(CN(C(=O)CN(c2ccc(C)c(Cl)c2)S(=O)(=O)c2ccccc2)[C@@H](C)C(=O)NC(C)C)c1. The molecule has 3 aromatic carbocycles. The molecule has 2 amide bonds. The van der Waals surface area contributed by atoms with Crippen LogP contribution in [0.15, 0.2) is 77.7 Å². The topological polar surface area (TPSA) is 86.8 Å². The molecule has 9 heteroatoms. The number of hydrogen-bond donors (Lipinski definition) is 1. The second-order valence-corrected chi connectivity index (χ2v) is 11.9. The van der Waals surface area contributed by atoms with Gasteiger partial charge in [-0.3, -0.25) is 13.9 Å². The quantitative estimate of drug-likeness (QED) is 0.377. The molecule has 0 unspecified atom stereocenters. The van der Waals surface area contributed by atoms with Crippen LogP contribution < -0.4 is 9.62 Å². The summed E-state index contributed by atoms with van der Waals surface area (Å²) in [6.45, 7) is 8.71.